The van der Waals surface area contributed by atoms with E-state index in [0.717, 1.165) is 18.7 Å². The van der Waals surface area contributed by atoms with E-state index in [4.69, 9.17) is 10.5 Å². The van der Waals surface area contributed by atoms with Gasteiger partial charge in [0.25, 0.3) is 0 Å². The van der Waals surface area contributed by atoms with E-state index in [0.29, 0.717) is 13.0 Å². The highest BCUT2D eigenvalue weighted by Gasteiger charge is 2.20. The predicted molar refractivity (Wildman–Crippen MR) is 80.3 cm³/mol. The Hall–Kier alpha value is -1.16. The van der Waals surface area contributed by atoms with Crippen LogP contribution in [0, 0.1) is 0 Å². The quantitative estimate of drug-likeness (QED) is 0.524. The van der Waals surface area contributed by atoms with Crippen molar-refractivity contribution in [3.05, 3.63) is 18.2 Å². The number of hydrogen-bond acceptors (Lipinski definition) is 6. The van der Waals surface area contributed by atoms with E-state index in [1.807, 2.05) is 0 Å². The Morgan fingerprint density at radius 1 is 1.19 bits per heavy atom. The monoisotopic (exact) mass is 336 g/mol. The number of sulfonamides is 1. The second kappa shape index (κ2) is 7.21. The van der Waals surface area contributed by atoms with Gasteiger partial charge >= 0.3 is 0 Å². The van der Waals surface area contributed by atoms with Crippen molar-refractivity contribution < 1.29 is 21.6 Å². The summed E-state index contributed by atoms with van der Waals surface area (Å²) in [5, 5.41) is 0. The molecule has 0 aromatic heterocycles. The first kappa shape index (κ1) is 17.9. The number of hydrogen-bond donors (Lipinski definition) is 2. The zero-order valence-electron chi connectivity index (χ0n) is 12.0. The molecule has 3 N–H and O–H groups in total. The normalized spacial score (nSPS) is 12.5. The molecule has 0 atom stereocenters. The lowest BCUT2D eigenvalue weighted by Crippen LogP contribution is -2.26. The van der Waals surface area contributed by atoms with Gasteiger partial charge < -0.3 is 10.5 Å². The highest BCUT2D eigenvalue weighted by molar-refractivity contribution is 7.91. The molecule has 21 heavy (non-hydrogen) atoms. The van der Waals surface area contributed by atoms with Crippen LogP contribution in [0.25, 0.3) is 0 Å². The van der Waals surface area contributed by atoms with E-state index in [9.17, 15) is 16.8 Å². The van der Waals surface area contributed by atoms with Crippen LogP contribution in [-0.2, 0) is 24.6 Å². The van der Waals surface area contributed by atoms with Crippen molar-refractivity contribution in [1.82, 2.24) is 4.72 Å². The van der Waals surface area contributed by atoms with Crippen LogP contribution in [0.3, 0.4) is 0 Å². The number of rotatable bonds is 8. The summed E-state index contributed by atoms with van der Waals surface area (Å²) < 4.78 is 54.5. The van der Waals surface area contributed by atoms with Crippen LogP contribution in [0.2, 0.25) is 0 Å². The minimum atomic E-state index is -3.84. The third-order valence-corrected chi connectivity index (χ3v) is 5.40. The average molecular weight is 336 g/mol. The molecule has 1 rings (SSSR count). The number of methoxy groups -OCH3 is 1. The van der Waals surface area contributed by atoms with Crippen LogP contribution < -0.4 is 10.5 Å². The fraction of sp³-hybridized carbons (Fsp3) is 0.500. The van der Waals surface area contributed by atoms with Crippen LogP contribution in [0.1, 0.15) is 12.8 Å². The standard InChI is InChI=1S/C12H20N2O5S2/c1-19-8-4-3-7-14-21(17,18)12-9-10(20(2,15)16)5-6-11(12)13/h5-6,9,14H,3-4,7-8,13H2,1-2H3. The van der Waals surface area contributed by atoms with Crippen molar-refractivity contribution in [3.63, 3.8) is 0 Å². The number of nitrogen functional groups attached to an aromatic ring is 1. The van der Waals surface area contributed by atoms with E-state index < -0.39 is 19.9 Å². The van der Waals surface area contributed by atoms with Gasteiger partial charge in [0.1, 0.15) is 4.90 Å². The van der Waals surface area contributed by atoms with Gasteiger partial charge in [0, 0.05) is 26.5 Å². The lowest BCUT2D eigenvalue weighted by atomic mass is 10.3. The molecule has 0 aliphatic rings. The first-order chi connectivity index (χ1) is 9.68. The Kier molecular flexibility index (Phi) is 6.14. The second-order valence-corrected chi connectivity index (χ2v) is 8.32. The molecule has 1 aromatic carbocycles. The van der Waals surface area contributed by atoms with Gasteiger partial charge in [-0.05, 0) is 31.0 Å². The van der Waals surface area contributed by atoms with Crippen LogP contribution in [0.4, 0.5) is 5.69 Å². The van der Waals surface area contributed by atoms with Gasteiger partial charge in [-0.3, -0.25) is 0 Å². The van der Waals surface area contributed by atoms with Crippen LogP contribution in [-0.4, -0.2) is 43.4 Å². The van der Waals surface area contributed by atoms with E-state index in [1.165, 1.54) is 12.1 Å². The molecular weight excluding hydrogens is 316 g/mol. The lowest BCUT2D eigenvalue weighted by molar-refractivity contribution is 0.193. The highest BCUT2D eigenvalue weighted by atomic mass is 32.2. The van der Waals surface area contributed by atoms with Gasteiger partial charge in [-0.2, -0.15) is 0 Å². The maximum atomic E-state index is 12.1. The molecule has 7 nitrogen and oxygen atoms in total. The molecule has 9 heteroatoms. The summed E-state index contributed by atoms with van der Waals surface area (Å²) in [6.07, 6.45) is 2.34. The van der Waals surface area contributed by atoms with Crippen LogP contribution in [0.15, 0.2) is 28.0 Å². The van der Waals surface area contributed by atoms with Crippen molar-refractivity contribution in [1.29, 1.82) is 0 Å². The summed E-state index contributed by atoms with van der Waals surface area (Å²) in [7, 11) is -5.77. The Morgan fingerprint density at radius 3 is 2.43 bits per heavy atom. The molecular formula is C12H20N2O5S2. The molecule has 0 radical (unpaired) electrons. The molecule has 1 aromatic rings. The highest BCUT2D eigenvalue weighted by Crippen LogP contribution is 2.22. The molecule has 0 heterocycles. The number of ether oxygens (including phenoxy) is 1. The molecule has 0 unspecified atom stereocenters. The minimum Gasteiger partial charge on any atom is -0.398 e. The summed E-state index contributed by atoms with van der Waals surface area (Å²) in [6.45, 7) is 0.779. The van der Waals surface area contributed by atoms with E-state index >= 15 is 0 Å². The third kappa shape index (κ3) is 5.27. The predicted octanol–water partition coefficient (Wildman–Crippen LogP) is 0.377. The van der Waals surface area contributed by atoms with Crippen molar-refractivity contribution in [2.24, 2.45) is 0 Å². The molecule has 0 saturated heterocycles. The SMILES string of the molecule is COCCCCNS(=O)(=O)c1cc(S(C)(=O)=O)ccc1N. The molecule has 0 spiro atoms. The average Bonchev–Trinajstić information content (AvgIpc) is 2.37. The van der Waals surface area contributed by atoms with Gasteiger partial charge in [-0.25, -0.2) is 21.6 Å². The van der Waals surface area contributed by atoms with Crippen LogP contribution in [0.5, 0.6) is 0 Å². The zero-order chi connectivity index (χ0) is 16.1. The first-order valence-corrected chi connectivity index (χ1v) is 9.64. The summed E-state index contributed by atoms with van der Waals surface area (Å²) in [5.41, 5.74) is 5.64. The van der Waals surface area contributed by atoms with E-state index in [-0.39, 0.29) is 22.0 Å². The van der Waals surface area contributed by atoms with E-state index in [1.54, 1.807) is 7.11 Å². The summed E-state index contributed by atoms with van der Waals surface area (Å²) in [5.74, 6) is 0. The van der Waals surface area contributed by atoms with Gasteiger partial charge in [-0.1, -0.05) is 0 Å². The molecule has 0 saturated carbocycles. The van der Waals surface area contributed by atoms with Gasteiger partial charge in [0.05, 0.1) is 10.6 Å². The van der Waals surface area contributed by atoms with E-state index in [2.05, 4.69) is 4.72 Å². The smallest absolute Gasteiger partial charge is 0.242 e. The zero-order valence-corrected chi connectivity index (χ0v) is 13.6. The Bertz CT molecular complexity index is 684. The van der Waals surface area contributed by atoms with Gasteiger partial charge in [0.15, 0.2) is 9.84 Å². The Balaban J connectivity index is 2.92. The van der Waals surface area contributed by atoms with Crippen molar-refractivity contribution in [3.8, 4) is 0 Å². The fourth-order valence-corrected chi connectivity index (χ4v) is 3.58. The fourth-order valence-electron chi connectivity index (χ4n) is 1.63. The van der Waals surface area contributed by atoms with Gasteiger partial charge in [0.2, 0.25) is 10.0 Å². The maximum absolute atomic E-state index is 12.1. The third-order valence-electron chi connectivity index (χ3n) is 2.77. The molecule has 120 valence electrons. The van der Waals surface area contributed by atoms with Crippen molar-refractivity contribution in [2.45, 2.75) is 22.6 Å². The minimum absolute atomic E-state index is 0.00629. The summed E-state index contributed by atoms with van der Waals surface area (Å²) in [6, 6.07) is 3.63. The van der Waals surface area contributed by atoms with Gasteiger partial charge in [-0.15, -0.1) is 0 Å². The van der Waals surface area contributed by atoms with Crippen molar-refractivity contribution in [2.75, 3.05) is 32.3 Å². The number of nitrogens with two attached hydrogens (primary N) is 1. The number of unbranched alkanes of at least 4 members (excludes halogenated alkanes) is 1. The Morgan fingerprint density at radius 2 is 1.86 bits per heavy atom. The molecule has 0 aliphatic carbocycles. The largest absolute Gasteiger partial charge is 0.398 e. The lowest BCUT2D eigenvalue weighted by Gasteiger charge is -2.10. The topological polar surface area (TPSA) is 116 Å². The summed E-state index contributed by atoms with van der Waals surface area (Å²) >= 11 is 0. The number of benzene rings is 1. The summed E-state index contributed by atoms with van der Waals surface area (Å²) in [4.78, 5) is -0.311. The molecule has 0 fully saturated rings. The molecule has 0 bridgehead atoms. The Labute approximate surface area is 125 Å². The second-order valence-electron chi connectivity index (χ2n) is 4.57. The number of nitrogens with one attached hydrogen (secondary N) is 1. The molecule has 0 aliphatic heterocycles. The first-order valence-electron chi connectivity index (χ1n) is 6.26. The van der Waals surface area contributed by atoms with Crippen molar-refractivity contribution >= 4 is 25.5 Å². The van der Waals surface area contributed by atoms with Crippen LogP contribution >= 0.6 is 0 Å². The number of anilines is 1. The molecule has 0 amide bonds. The maximum Gasteiger partial charge on any atom is 0.242 e. The number of sulfone groups is 1.